The Morgan fingerprint density at radius 3 is 2.50 bits per heavy atom. The maximum Gasteiger partial charge on any atom is 0.253 e. The van der Waals surface area contributed by atoms with Crippen LogP contribution in [0.4, 0.5) is 0 Å². The zero-order valence-electron chi connectivity index (χ0n) is 15.3. The van der Waals surface area contributed by atoms with Crippen LogP contribution in [0.15, 0.2) is 30.5 Å². The summed E-state index contributed by atoms with van der Waals surface area (Å²) in [5.41, 5.74) is 8.14. The Balaban J connectivity index is 1.82. The molecule has 7 nitrogen and oxygen atoms in total. The van der Waals surface area contributed by atoms with Crippen LogP contribution in [0.3, 0.4) is 0 Å². The third-order valence-electron chi connectivity index (χ3n) is 5.06. The average molecular weight is 356 g/mol. The van der Waals surface area contributed by atoms with Crippen molar-refractivity contribution >= 4 is 11.8 Å². The topological polar surface area (TPSA) is 90.4 Å². The summed E-state index contributed by atoms with van der Waals surface area (Å²) in [7, 11) is 1.86. The molecule has 0 bridgehead atoms. The highest BCUT2D eigenvalue weighted by Crippen LogP contribution is 2.34. The number of hydrogen-bond acceptors (Lipinski definition) is 4. The number of carbonyl (C=O) groups excluding carboxylic acids is 2. The first-order valence-corrected chi connectivity index (χ1v) is 8.72. The van der Waals surface area contributed by atoms with Crippen molar-refractivity contribution in [2.75, 3.05) is 19.7 Å². The van der Waals surface area contributed by atoms with Gasteiger partial charge in [-0.2, -0.15) is 5.10 Å². The van der Waals surface area contributed by atoms with Gasteiger partial charge in [0.25, 0.3) is 5.91 Å². The lowest BCUT2D eigenvalue weighted by molar-refractivity contribution is -0.121. The van der Waals surface area contributed by atoms with Crippen LogP contribution >= 0.6 is 0 Å². The molecule has 138 valence electrons. The van der Waals surface area contributed by atoms with Crippen LogP contribution in [-0.2, 0) is 11.8 Å². The van der Waals surface area contributed by atoms with Crippen LogP contribution in [0.25, 0.3) is 0 Å². The van der Waals surface area contributed by atoms with Crippen LogP contribution in [0.5, 0.6) is 5.75 Å². The summed E-state index contributed by atoms with van der Waals surface area (Å²) in [6.07, 6.45) is 1.76. The summed E-state index contributed by atoms with van der Waals surface area (Å²) in [6.45, 7) is 5.21. The number of benzene rings is 1. The lowest BCUT2D eigenvalue weighted by atomic mass is 9.89. The van der Waals surface area contributed by atoms with Gasteiger partial charge in [0, 0.05) is 37.3 Å². The van der Waals surface area contributed by atoms with Crippen molar-refractivity contribution in [1.82, 2.24) is 14.7 Å². The minimum absolute atomic E-state index is 0.108. The molecule has 0 saturated carbocycles. The van der Waals surface area contributed by atoms with Crippen LogP contribution in [0, 0.1) is 12.8 Å². The third kappa shape index (κ3) is 3.29. The second-order valence-electron chi connectivity index (χ2n) is 6.59. The number of likely N-dealkylation sites (tertiary alicyclic amines) is 1. The number of amides is 2. The molecule has 0 aliphatic carbocycles. The van der Waals surface area contributed by atoms with Gasteiger partial charge in [0.15, 0.2) is 0 Å². The van der Waals surface area contributed by atoms with E-state index in [0.717, 1.165) is 17.0 Å². The Morgan fingerprint density at radius 2 is 1.96 bits per heavy atom. The number of aryl methyl sites for hydroxylation is 1. The van der Waals surface area contributed by atoms with Gasteiger partial charge in [0.1, 0.15) is 5.75 Å². The molecule has 1 aromatic heterocycles. The van der Waals surface area contributed by atoms with Crippen LogP contribution < -0.4 is 10.5 Å². The number of nitrogens with two attached hydrogens (primary N) is 1. The fraction of sp³-hybridized carbons (Fsp3) is 0.421. The molecule has 1 aliphatic rings. The predicted octanol–water partition coefficient (Wildman–Crippen LogP) is 1.47. The second-order valence-corrected chi connectivity index (χ2v) is 6.59. The normalized spacial score (nSPS) is 19.6. The van der Waals surface area contributed by atoms with Gasteiger partial charge in [-0.25, -0.2) is 0 Å². The quantitative estimate of drug-likeness (QED) is 0.878. The average Bonchev–Trinajstić information content (AvgIpc) is 3.20. The predicted molar refractivity (Wildman–Crippen MR) is 96.9 cm³/mol. The molecular formula is C19H24N4O3. The van der Waals surface area contributed by atoms with Gasteiger partial charge < -0.3 is 15.4 Å². The van der Waals surface area contributed by atoms with Crippen molar-refractivity contribution in [2.24, 2.45) is 18.7 Å². The number of carbonyl (C=O) groups is 2. The molecular weight excluding hydrogens is 332 g/mol. The summed E-state index contributed by atoms with van der Waals surface area (Å²) in [5, 5.41) is 4.26. The first-order chi connectivity index (χ1) is 12.4. The molecule has 2 aromatic rings. The largest absolute Gasteiger partial charge is 0.494 e. The van der Waals surface area contributed by atoms with E-state index in [1.165, 1.54) is 0 Å². The van der Waals surface area contributed by atoms with E-state index in [1.807, 2.05) is 20.9 Å². The fourth-order valence-electron chi connectivity index (χ4n) is 3.50. The zero-order chi connectivity index (χ0) is 18.8. The van der Waals surface area contributed by atoms with Crippen LogP contribution in [0.1, 0.15) is 34.5 Å². The zero-order valence-corrected chi connectivity index (χ0v) is 15.3. The number of aromatic nitrogens is 2. The van der Waals surface area contributed by atoms with E-state index in [0.29, 0.717) is 25.3 Å². The number of ether oxygens (including phenoxy) is 1. The summed E-state index contributed by atoms with van der Waals surface area (Å²) in [5.74, 6) is -0.315. The molecule has 1 fully saturated rings. The van der Waals surface area contributed by atoms with Gasteiger partial charge in [-0.1, -0.05) is 0 Å². The monoisotopic (exact) mass is 356 g/mol. The van der Waals surface area contributed by atoms with Crippen molar-refractivity contribution in [3.63, 3.8) is 0 Å². The van der Waals surface area contributed by atoms with Gasteiger partial charge in [0.05, 0.1) is 18.7 Å². The SMILES string of the molecule is CCOc1ccc(C(=O)N2C[C@H](C(N)=O)[C@@H](c3cnn(C)c3C)C2)cc1. The summed E-state index contributed by atoms with van der Waals surface area (Å²) in [4.78, 5) is 26.5. The molecule has 7 heteroatoms. The van der Waals surface area contributed by atoms with Gasteiger partial charge in [-0.05, 0) is 43.7 Å². The number of rotatable bonds is 5. The highest BCUT2D eigenvalue weighted by Gasteiger charge is 2.40. The molecule has 2 atom stereocenters. The molecule has 26 heavy (non-hydrogen) atoms. The Hall–Kier alpha value is -2.83. The van der Waals surface area contributed by atoms with Gasteiger partial charge in [-0.15, -0.1) is 0 Å². The molecule has 2 amide bonds. The number of nitrogens with zero attached hydrogens (tertiary/aromatic N) is 3. The Labute approximate surface area is 152 Å². The van der Waals surface area contributed by atoms with Crippen LogP contribution in [-0.4, -0.2) is 46.2 Å². The molecule has 2 N–H and O–H groups in total. The van der Waals surface area contributed by atoms with E-state index >= 15 is 0 Å². The Kier molecular flexibility index (Phi) is 4.97. The van der Waals surface area contributed by atoms with Crippen molar-refractivity contribution in [3.8, 4) is 5.75 Å². The highest BCUT2D eigenvalue weighted by molar-refractivity contribution is 5.95. The molecule has 1 aliphatic heterocycles. The van der Waals surface area contributed by atoms with Crippen molar-refractivity contribution < 1.29 is 14.3 Å². The van der Waals surface area contributed by atoms with Crippen molar-refractivity contribution in [1.29, 1.82) is 0 Å². The first kappa shape index (κ1) is 18.0. The van der Waals surface area contributed by atoms with Gasteiger partial charge in [0.2, 0.25) is 5.91 Å². The molecule has 0 radical (unpaired) electrons. The second kappa shape index (κ2) is 7.19. The number of primary amides is 1. The van der Waals surface area contributed by atoms with Gasteiger partial charge >= 0.3 is 0 Å². The highest BCUT2D eigenvalue weighted by atomic mass is 16.5. The van der Waals surface area contributed by atoms with E-state index in [2.05, 4.69) is 5.10 Å². The molecule has 0 unspecified atom stereocenters. The summed E-state index contributed by atoms with van der Waals surface area (Å²) < 4.78 is 7.18. The molecule has 0 spiro atoms. The van der Waals surface area contributed by atoms with Crippen molar-refractivity contribution in [2.45, 2.75) is 19.8 Å². The van der Waals surface area contributed by atoms with E-state index in [1.54, 1.807) is 40.0 Å². The number of hydrogen-bond donors (Lipinski definition) is 1. The fourth-order valence-corrected chi connectivity index (χ4v) is 3.50. The summed E-state index contributed by atoms with van der Waals surface area (Å²) in [6, 6.07) is 7.05. The van der Waals surface area contributed by atoms with Crippen LogP contribution in [0.2, 0.25) is 0 Å². The van der Waals surface area contributed by atoms with E-state index < -0.39 is 5.92 Å². The lowest BCUT2D eigenvalue weighted by Crippen LogP contribution is -2.32. The first-order valence-electron chi connectivity index (χ1n) is 8.72. The van der Waals surface area contributed by atoms with Gasteiger partial charge in [-0.3, -0.25) is 14.3 Å². The standard InChI is InChI=1S/C19H24N4O3/c1-4-26-14-7-5-13(6-8-14)19(25)23-10-16(17(11-23)18(20)24)15-9-21-22(3)12(15)2/h5-9,16-17H,4,10-11H2,1-3H3,(H2,20,24)/t16-,17+/m1/s1. The molecule has 1 saturated heterocycles. The molecule has 3 rings (SSSR count). The lowest BCUT2D eigenvalue weighted by Gasteiger charge is -2.16. The third-order valence-corrected chi connectivity index (χ3v) is 5.06. The van der Waals surface area contributed by atoms with E-state index in [4.69, 9.17) is 10.5 Å². The van der Waals surface area contributed by atoms with Crippen molar-refractivity contribution in [3.05, 3.63) is 47.3 Å². The van der Waals surface area contributed by atoms with E-state index in [9.17, 15) is 9.59 Å². The Morgan fingerprint density at radius 1 is 1.27 bits per heavy atom. The minimum Gasteiger partial charge on any atom is -0.494 e. The maximum absolute atomic E-state index is 12.9. The molecule has 2 heterocycles. The maximum atomic E-state index is 12.9. The Bertz CT molecular complexity index is 813. The smallest absolute Gasteiger partial charge is 0.253 e. The summed E-state index contributed by atoms with van der Waals surface area (Å²) >= 11 is 0. The minimum atomic E-state index is -0.412. The van der Waals surface area contributed by atoms with E-state index in [-0.39, 0.29) is 17.7 Å². The molecule has 1 aromatic carbocycles.